The molecule has 1 saturated carbocycles. The van der Waals surface area contributed by atoms with Crippen LogP contribution >= 0.6 is 0 Å². The van der Waals surface area contributed by atoms with Crippen molar-refractivity contribution >= 4 is 0 Å². The summed E-state index contributed by atoms with van der Waals surface area (Å²) >= 11 is 0. The second-order valence-corrected chi connectivity index (χ2v) is 3.21. The van der Waals surface area contributed by atoms with Gasteiger partial charge >= 0.3 is 0 Å². The molecule has 0 aromatic rings. The number of rotatable bonds is 1. The number of hydrogen-bond acceptors (Lipinski definition) is 0. The molecule has 2 atom stereocenters. The van der Waals surface area contributed by atoms with Crippen molar-refractivity contribution in [2.24, 2.45) is 11.8 Å². The van der Waals surface area contributed by atoms with E-state index in [4.69, 9.17) is 0 Å². The van der Waals surface area contributed by atoms with Crippen LogP contribution in [0.25, 0.3) is 0 Å². The topological polar surface area (TPSA) is 0 Å². The minimum atomic E-state index is 0. The van der Waals surface area contributed by atoms with E-state index in [9.17, 15) is 0 Å². The van der Waals surface area contributed by atoms with E-state index < -0.39 is 0 Å². The molecule has 0 spiro atoms. The largest absolute Gasteiger partial charge is 0.340 e. The summed E-state index contributed by atoms with van der Waals surface area (Å²) in [5.41, 5.74) is 0. The molecule has 1 radical (unpaired) electrons. The van der Waals surface area contributed by atoms with Crippen LogP contribution in [0.15, 0.2) is 0 Å². The maximum Gasteiger partial charge on any atom is 0 e. The molecule has 0 heterocycles. The zero-order chi connectivity index (χ0) is 6.69. The van der Waals surface area contributed by atoms with Gasteiger partial charge in [0.15, 0.2) is 0 Å². The van der Waals surface area contributed by atoms with Gasteiger partial charge in [-0.05, 0) is 0 Å². The first kappa shape index (κ1) is 11.1. The van der Waals surface area contributed by atoms with Gasteiger partial charge in [0.2, 0.25) is 0 Å². The van der Waals surface area contributed by atoms with Crippen molar-refractivity contribution in [3.63, 3.8) is 0 Å². The summed E-state index contributed by atoms with van der Waals surface area (Å²) in [7, 11) is 0. The molecular formula is C9H17Y-. The average molecular weight is 214 g/mol. The summed E-state index contributed by atoms with van der Waals surface area (Å²) in [4.78, 5) is 0. The molecule has 0 N–H and O–H groups in total. The van der Waals surface area contributed by atoms with Crippen molar-refractivity contribution in [1.82, 2.24) is 0 Å². The van der Waals surface area contributed by atoms with E-state index in [0.29, 0.717) is 0 Å². The molecule has 57 valence electrons. The van der Waals surface area contributed by atoms with Gasteiger partial charge in [-0.15, -0.1) is 0 Å². The third-order valence-electron chi connectivity index (χ3n) is 2.59. The van der Waals surface area contributed by atoms with Crippen LogP contribution in [0, 0.1) is 18.8 Å². The molecule has 0 aliphatic heterocycles. The van der Waals surface area contributed by atoms with Crippen LogP contribution in [-0.2, 0) is 32.7 Å². The maximum absolute atomic E-state index is 4.15. The van der Waals surface area contributed by atoms with Gasteiger partial charge in [0.05, 0.1) is 0 Å². The Labute approximate surface area is 90.0 Å². The molecule has 1 fully saturated rings. The summed E-state index contributed by atoms with van der Waals surface area (Å²) < 4.78 is 0. The zero-order valence-electron chi connectivity index (χ0n) is 6.97. The van der Waals surface area contributed by atoms with E-state index in [2.05, 4.69) is 13.8 Å². The second kappa shape index (κ2) is 5.72. The number of hydrogen-bond donors (Lipinski definition) is 0. The molecular weight excluding hydrogens is 197 g/mol. The average Bonchev–Trinajstić information content (AvgIpc) is 1.89. The van der Waals surface area contributed by atoms with Gasteiger partial charge in [0.25, 0.3) is 0 Å². The fourth-order valence-corrected chi connectivity index (χ4v) is 1.82. The van der Waals surface area contributed by atoms with Gasteiger partial charge in [0, 0.05) is 32.7 Å². The van der Waals surface area contributed by atoms with Crippen molar-refractivity contribution in [2.75, 3.05) is 0 Å². The molecule has 0 bridgehead atoms. The van der Waals surface area contributed by atoms with E-state index in [-0.39, 0.29) is 32.7 Å². The molecule has 0 aromatic heterocycles. The van der Waals surface area contributed by atoms with Gasteiger partial charge in [0.1, 0.15) is 0 Å². The first-order valence-corrected chi connectivity index (χ1v) is 4.17. The van der Waals surface area contributed by atoms with Gasteiger partial charge in [-0.3, -0.25) is 0 Å². The molecule has 1 aliphatic carbocycles. The van der Waals surface area contributed by atoms with Crippen molar-refractivity contribution in [3.8, 4) is 0 Å². The quantitative estimate of drug-likeness (QED) is 0.588. The standard InChI is InChI=1S/C9H17.Y/c1-3-9-7-5-4-6-8(9)2;/h8-9H,2-7H2,1H3;/q-1;. The van der Waals surface area contributed by atoms with Gasteiger partial charge < -0.3 is 6.92 Å². The fraction of sp³-hybridized carbons (Fsp3) is 0.889. The summed E-state index contributed by atoms with van der Waals surface area (Å²) in [6.45, 7) is 6.44. The Balaban J connectivity index is 0.000000810. The Morgan fingerprint density at radius 3 is 2.30 bits per heavy atom. The second-order valence-electron chi connectivity index (χ2n) is 3.21. The van der Waals surface area contributed by atoms with E-state index in [1.807, 2.05) is 0 Å². The summed E-state index contributed by atoms with van der Waals surface area (Å²) in [6.07, 6.45) is 7.02. The predicted octanol–water partition coefficient (Wildman–Crippen LogP) is 3.03. The third kappa shape index (κ3) is 3.01. The monoisotopic (exact) mass is 214 g/mol. The Morgan fingerprint density at radius 1 is 1.30 bits per heavy atom. The summed E-state index contributed by atoms with van der Waals surface area (Å²) in [6, 6.07) is 0. The van der Waals surface area contributed by atoms with Gasteiger partial charge in [-0.1, -0.05) is 44.9 Å². The molecule has 10 heavy (non-hydrogen) atoms. The maximum atomic E-state index is 4.15. The van der Waals surface area contributed by atoms with Crippen LogP contribution in [0.2, 0.25) is 0 Å². The van der Waals surface area contributed by atoms with Crippen molar-refractivity contribution < 1.29 is 32.7 Å². The minimum absolute atomic E-state index is 0. The van der Waals surface area contributed by atoms with Crippen LogP contribution in [0.3, 0.4) is 0 Å². The summed E-state index contributed by atoms with van der Waals surface area (Å²) in [5, 5.41) is 0. The molecule has 0 saturated heterocycles. The van der Waals surface area contributed by atoms with Crippen LogP contribution in [0.5, 0.6) is 0 Å². The SMILES string of the molecule is [CH2-]C1CCCCC1CC.[Y]. The first-order chi connectivity index (χ1) is 4.34. The molecule has 2 unspecified atom stereocenters. The van der Waals surface area contributed by atoms with Crippen molar-refractivity contribution in [3.05, 3.63) is 6.92 Å². The molecule has 1 rings (SSSR count). The fourth-order valence-electron chi connectivity index (χ4n) is 1.82. The molecule has 0 nitrogen and oxygen atoms in total. The van der Waals surface area contributed by atoms with Crippen LogP contribution in [-0.4, -0.2) is 0 Å². The van der Waals surface area contributed by atoms with Crippen molar-refractivity contribution in [2.45, 2.75) is 39.0 Å². The van der Waals surface area contributed by atoms with Crippen LogP contribution in [0.4, 0.5) is 0 Å². The summed E-state index contributed by atoms with van der Waals surface area (Å²) in [5.74, 6) is 1.71. The molecule has 1 aliphatic rings. The van der Waals surface area contributed by atoms with Gasteiger partial charge in [-0.2, -0.15) is 5.92 Å². The van der Waals surface area contributed by atoms with Gasteiger partial charge in [-0.25, -0.2) is 0 Å². The van der Waals surface area contributed by atoms with Crippen LogP contribution in [0.1, 0.15) is 39.0 Å². The Kier molecular flexibility index (Phi) is 6.35. The molecule has 0 amide bonds. The molecule has 1 heteroatoms. The minimum Gasteiger partial charge on any atom is -0.340 e. The van der Waals surface area contributed by atoms with Crippen molar-refractivity contribution in [1.29, 1.82) is 0 Å². The van der Waals surface area contributed by atoms with E-state index in [1.165, 1.54) is 32.1 Å². The Bertz CT molecular complexity index is 80.8. The smallest absolute Gasteiger partial charge is 0 e. The third-order valence-corrected chi connectivity index (χ3v) is 2.59. The van der Waals surface area contributed by atoms with E-state index in [1.54, 1.807) is 0 Å². The van der Waals surface area contributed by atoms with E-state index in [0.717, 1.165) is 11.8 Å². The normalized spacial score (nSPS) is 33.0. The molecule has 0 aromatic carbocycles. The zero-order valence-corrected chi connectivity index (χ0v) is 9.81. The van der Waals surface area contributed by atoms with E-state index >= 15 is 0 Å². The van der Waals surface area contributed by atoms with Crippen LogP contribution < -0.4 is 0 Å². The first-order valence-electron chi connectivity index (χ1n) is 4.17. The Morgan fingerprint density at radius 2 is 1.90 bits per heavy atom. The Hall–Kier alpha value is 1.10. The predicted molar refractivity (Wildman–Crippen MR) is 41.1 cm³/mol.